The predicted molar refractivity (Wildman–Crippen MR) is 78.1 cm³/mol. The minimum atomic E-state index is 0.0778. The van der Waals surface area contributed by atoms with Gasteiger partial charge in [-0.2, -0.15) is 10.1 Å². The first kappa shape index (κ1) is 13.4. The number of nitrogens with zero attached hydrogens (tertiary/aromatic N) is 5. The Morgan fingerprint density at radius 1 is 1.40 bits per heavy atom. The molecule has 0 N–H and O–H groups in total. The van der Waals surface area contributed by atoms with Crippen molar-refractivity contribution >= 4 is 35.0 Å². The highest BCUT2D eigenvalue weighted by molar-refractivity contribution is 7.92. The van der Waals surface area contributed by atoms with E-state index >= 15 is 0 Å². The van der Waals surface area contributed by atoms with Crippen LogP contribution in [0.2, 0.25) is 5.28 Å². The fraction of sp³-hybridized carbons (Fsp3) is 0.250. The van der Waals surface area contributed by atoms with E-state index in [2.05, 4.69) is 22.0 Å². The highest BCUT2D eigenvalue weighted by atomic mass is 35.5. The first-order valence-electron chi connectivity index (χ1n) is 6.09. The molecule has 0 saturated carbocycles. The van der Waals surface area contributed by atoms with Crippen LogP contribution in [0.4, 0.5) is 3.89 Å². The molecule has 0 unspecified atom stereocenters. The van der Waals surface area contributed by atoms with Gasteiger partial charge in [0.1, 0.15) is 0 Å². The van der Waals surface area contributed by atoms with Crippen molar-refractivity contribution in [3.8, 4) is 11.3 Å². The largest absolute Gasteiger partial charge is 0.272 e. The molecule has 3 aromatic heterocycles. The molecular formula is C12H11ClFN5S. The maximum absolute atomic E-state index is 12.8. The van der Waals surface area contributed by atoms with E-state index in [0.29, 0.717) is 11.3 Å². The molecule has 5 nitrogen and oxygen atoms in total. The van der Waals surface area contributed by atoms with Crippen LogP contribution in [0.15, 0.2) is 24.7 Å². The normalized spacial score (nSPS) is 11.3. The molecule has 8 heteroatoms. The molecule has 0 saturated heterocycles. The van der Waals surface area contributed by atoms with Gasteiger partial charge in [-0.25, -0.2) is 8.96 Å². The maximum Gasteiger partial charge on any atom is 0.224 e. The minimum absolute atomic E-state index is 0.0778. The number of rotatable bonds is 4. The van der Waals surface area contributed by atoms with E-state index in [4.69, 9.17) is 11.6 Å². The summed E-state index contributed by atoms with van der Waals surface area (Å²) in [6.45, 7) is 2.92. The Labute approximate surface area is 124 Å². The third-order valence-electron chi connectivity index (χ3n) is 2.92. The van der Waals surface area contributed by atoms with Crippen LogP contribution in [0.1, 0.15) is 13.3 Å². The third kappa shape index (κ3) is 2.27. The van der Waals surface area contributed by atoms with E-state index in [1.807, 2.05) is 10.9 Å². The van der Waals surface area contributed by atoms with Gasteiger partial charge >= 0.3 is 0 Å². The first-order chi connectivity index (χ1) is 9.72. The fourth-order valence-electron chi connectivity index (χ4n) is 2.08. The van der Waals surface area contributed by atoms with Gasteiger partial charge < -0.3 is 0 Å². The maximum atomic E-state index is 12.8. The fourth-order valence-corrected chi connectivity index (χ4v) is 2.55. The van der Waals surface area contributed by atoms with E-state index in [-0.39, 0.29) is 17.6 Å². The van der Waals surface area contributed by atoms with Crippen LogP contribution in [0.5, 0.6) is 0 Å². The van der Waals surface area contributed by atoms with Gasteiger partial charge in [-0.3, -0.25) is 4.68 Å². The molecule has 0 aromatic carbocycles. The van der Waals surface area contributed by atoms with E-state index < -0.39 is 0 Å². The minimum Gasteiger partial charge on any atom is -0.272 e. The van der Waals surface area contributed by atoms with E-state index in [9.17, 15) is 3.89 Å². The van der Waals surface area contributed by atoms with E-state index in [1.165, 1.54) is 3.97 Å². The smallest absolute Gasteiger partial charge is 0.224 e. The molecule has 0 aliphatic rings. The molecule has 3 heterocycles. The van der Waals surface area contributed by atoms with Crippen LogP contribution < -0.4 is 0 Å². The van der Waals surface area contributed by atoms with Crippen LogP contribution in [-0.2, 0) is 6.54 Å². The summed E-state index contributed by atoms with van der Waals surface area (Å²) in [6, 6.07) is 1.77. The molecule has 0 atom stereocenters. The Morgan fingerprint density at radius 3 is 3.00 bits per heavy atom. The number of hydrogen-bond donors (Lipinski definition) is 0. The topological polar surface area (TPSA) is 48.5 Å². The van der Waals surface area contributed by atoms with Gasteiger partial charge in [-0.05, 0) is 24.1 Å². The summed E-state index contributed by atoms with van der Waals surface area (Å²) in [7, 11) is 0. The van der Waals surface area contributed by atoms with Crippen molar-refractivity contribution in [2.45, 2.75) is 19.9 Å². The molecule has 104 valence electrons. The molecule has 0 bridgehead atoms. The van der Waals surface area contributed by atoms with Gasteiger partial charge in [0, 0.05) is 29.9 Å². The molecule has 3 rings (SSSR count). The summed E-state index contributed by atoms with van der Waals surface area (Å²) in [6.07, 6.45) is 6.23. The van der Waals surface area contributed by atoms with Gasteiger partial charge in [0.25, 0.3) is 0 Å². The molecule has 0 radical (unpaired) electrons. The Morgan fingerprint density at radius 2 is 2.25 bits per heavy atom. The van der Waals surface area contributed by atoms with Crippen LogP contribution in [-0.4, -0.2) is 23.7 Å². The van der Waals surface area contributed by atoms with Crippen molar-refractivity contribution in [3.05, 3.63) is 29.9 Å². The average Bonchev–Trinajstić information content (AvgIpc) is 3.04. The zero-order valence-corrected chi connectivity index (χ0v) is 12.2. The highest BCUT2D eigenvalue weighted by Gasteiger charge is 2.14. The van der Waals surface area contributed by atoms with Crippen LogP contribution in [0.3, 0.4) is 0 Å². The Kier molecular flexibility index (Phi) is 3.62. The van der Waals surface area contributed by atoms with Gasteiger partial charge in [0.2, 0.25) is 5.28 Å². The summed E-state index contributed by atoms with van der Waals surface area (Å²) in [4.78, 5) is 8.31. The van der Waals surface area contributed by atoms with Crippen molar-refractivity contribution < 1.29 is 3.89 Å². The summed E-state index contributed by atoms with van der Waals surface area (Å²) in [5.74, 6) is 0. The molecule has 0 fully saturated rings. The van der Waals surface area contributed by atoms with E-state index in [0.717, 1.165) is 23.9 Å². The molecule has 0 aliphatic carbocycles. The third-order valence-corrected chi connectivity index (χ3v) is 3.53. The lowest BCUT2D eigenvalue weighted by molar-refractivity contribution is 0.603. The average molecular weight is 312 g/mol. The molecule has 0 amide bonds. The molecule has 3 aromatic rings. The first-order valence-corrected chi connectivity index (χ1v) is 7.14. The Balaban J connectivity index is 2.16. The Hall–Kier alpha value is -1.60. The zero-order valence-electron chi connectivity index (χ0n) is 10.6. The summed E-state index contributed by atoms with van der Waals surface area (Å²) >= 11 is 6.01. The second-order valence-corrected chi connectivity index (χ2v) is 5.15. The lowest BCUT2D eigenvalue weighted by atomic mass is 10.2. The van der Waals surface area contributed by atoms with Crippen LogP contribution in [0, 0.1) is 0 Å². The lowest BCUT2D eigenvalue weighted by Crippen LogP contribution is -1.95. The van der Waals surface area contributed by atoms with Crippen molar-refractivity contribution in [2.24, 2.45) is 0 Å². The van der Waals surface area contributed by atoms with Crippen molar-refractivity contribution in [3.63, 3.8) is 0 Å². The molecule has 0 spiro atoms. The van der Waals surface area contributed by atoms with Crippen molar-refractivity contribution in [1.29, 1.82) is 0 Å². The number of fused-ring (bicyclic) bond motifs is 1. The summed E-state index contributed by atoms with van der Waals surface area (Å²) < 4.78 is 16.0. The van der Waals surface area contributed by atoms with Gasteiger partial charge in [-0.1, -0.05) is 6.92 Å². The summed E-state index contributed by atoms with van der Waals surface area (Å²) in [5, 5.41) is 5.11. The lowest BCUT2D eigenvalue weighted by Gasteiger charge is -2.01. The zero-order chi connectivity index (χ0) is 14.1. The summed E-state index contributed by atoms with van der Waals surface area (Å²) in [5.41, 5.74) is 1.96. The van der Waals surface area contributed by atoms with Crippen LogP contribution in [0.25, 0.3) is 22.3 Å². The van der Waals surface area contributed by atoms with Crippen LogP contribution >= 0.6 is 23.9 Å². The van der Waals surface area contributed by atoms with Crippen molar-refractivity contribution in [2.75, 3.05) is 0 Å². The monoisotopic (exact) mass is 311 g/mol. The number of hydrogen-bond acceptors (Lipinski definition) is 4. The van der Waals surface area contributed by atoms with Gasteiger partial charge in [-0.15, -0.1) is 3.89 Å². The van der Waals surface area contributed by atoms with Crippen molar-refractivity contribution in [1.82, 2.24) is 23.7 Å². The number of aryl methyl sites for hydroxylation is 1. The molecular weight excluding hydrogens is 301 g/mol. The predicted octanol–water partition coefficient (Wildman–Crippen LogP) is 3.74. The van der Waals surface area contributed by atoms with Gasteiger partial charge in [0.15, 0.2) is 18.0 Å². The second kappa shape index (κ2) is 5.41. The number of halogens is 2. The van der Waals surface area contributed by atoms with Gasteiger partial charge in [0.05, 0.1) is 11.9 Å². The standard InChI is InChI=1S/C12H11ClFN5S/c1-2-4-18-7-8(6-15-18)10-9-3-5-19(20-14)11(9)17-12(13)16-10/h3,5-7H,2,4H2,1H3. The SMILES string of the molecule is CCCn1cc(-c2nc(Cl)nc3c2ccn3SF)cn1. The molecule has 20 heavy (non-hydrogen) atoms. The highest BCUT2D eigenvalue weighted by Crippen LogP contribution is 2.29. The molecule has 0 aliphatic heterocycles. The number of aromatic nitrogens is 5. The van der Waals surface area contributed by atoms with E-state index in [1.54, 1.807) is 18.5 Å². The second-order valence-electron chi connectivity index (χ2n) is 4.28. The quantitative estimate of drug-likeness (QED) is 0.689. The Bertz CT molecular complexity index is 753.